The molecule has 0 aromatic carbocycles. The minimum Gasteiger partial charge on any atom is -0.0880 e. The van der Waals surface area contributed by atoms with Crippen LogP contribution in [0.3, 0.4) is 0 Å². The van der Waals surface area contributed by atoms with Crippen LogP contribution in [-0.4, -0.2) is 0 Å². The lowest BCUT2D eigenvalue weighted by molar-refractivity contribution is 0.139. The molecule has 0 aliphatic heterocycles. The van der Waals surface area contributed by atoms with E-state index in [4.69, 9.17) is 0 Å². The quantitative estimate of drug-likeness (QED) is 0.515. The Morgan fingerprint density at radius 2 is 1.67 bits per heavy atom. The van der Waals surface area contributed by atoms with Gasteiger partial charge in [-0.1, -0.05) is 79.9 Å². The summed E-state index contributed by atoms with van der Waals surface area (Å²) in [6.07, 6.45) is 10.1. The lowest BCUT2D eigenvalue weighted by Gasteiger charge is -2.36. The summed E-state index contributed by atoms with van der Waals surface area (Å²) in [5.41, 5.74) is 0. The molecule has 0 aromatic heterocycles. The van der Waals surface area contributed by atoms with Crippen molar-refractivity contribution >= 4 is 0 Å². The molecule has 0 heterocycles. The molecule has 1 aliphatic rings. The molecule has 18 heavy (non-hydrogen) atoms. The highest BCUT2D eigenvalue weighted by molar-refractivity contribution is 4.98. The number of hydrogen-bond acceptors (Lipinski definition) is 0. The smallest absolute Gasteiger partial charge is 0.0228 e. The first-order valence-corrected chi connectivity index (χ1v) is 8.19. The van der Waals surface area contributed by atoms with Crippen molar-refractivity contribution in [3.63, 3.8) is 0 Å². The molecule has 0 saturated heterocycles. The Kier molecular flexibility index (Phi) is 9.50. The Labute approximate surface area is 116 Å². The molecule has 0 radical (unpaired) electrons. The van der Waals surface area contributed by atoms with E-state index in [9.17, 15) is 0 Å². The van der Waals surface area contributed by atoms with Crippen LogP contribution in [0.1, 0.15) is 74.1 Å². The fraction of sp³-hybridized carbons (Fsp3) is 0.889. The zero-order chi connectivity index (χ0) is 14.1. The molecule has 0 amide bonds. The van der Waals surface area contributed by atoms with Gasteiger partial charge in [0.25, 0.3) is 0 Å². The van der Waals surface area contributed by atoms with Crippen molar-refractivity contribution in [2.24, 2.45) is 29.6 Å². The molecule has 1 aliphatic carbocycles. The standard InChI is InChI=1S/C15H28.C3H8/c1-6-11(3)15-13(5)10-8-9-12(4)14(15)7-2;1-3-2/h8,10-15H,6-7,9H2,1-5H3;3H2,1-2H3. The second-order valence-electron chi connectivity index (χ2n) is 6.24. The third kappa shape index (κ3) is 5.16. The second-order valence-corrected chi connectivity index (χ2v) is 6.24. The van der Waals surface area contributed by atoms with Crippen LogP contribution in [0.4, 0.5) is 0 Å². The SMILES string of the molecule is CCC.CCC(C)C1C(C)C=CCC(C)C1CC. The van der Waals surface area contributed by atoms with Gasteiger partial charge >= 0.3 is 0 Å². The summed E-state index contributed by atoms with van der Waals surface area (Å²) in [5.74, 6) is 4.33. The van der Waals surface area contributed by atoms with E-state index >= 15 is 0 Å². The maximum atomic E-state index is 2.46. The van der Waals surface area contributed by atoms with Gasteiger partial charge in [0.1, 0.15) is 0 Å². The lowest BCUT2D eigenvalue weighted by Crippen LogP contribution is -2.29. The fourth-order valence-electron chi connectivity index (χ4n) is 3.47. The summed E-state index contributed by atoms with van der Waals surface area (Å²) < 4.78 is 0. The van der Waals surface area contributed by atoms with Crippen LogP contribution in [-0.2, 0) is 0 Å². The summed E-state index contributed by atoms with van der Waals surface area (Å²) in [6.45, 7) is 16.2. The summed E-state index contributed by atoms with van der Waals surface area (Å²) in [4.78, 5) is 0. The van der Waals surface area contributed by atoms with E-state index in [2.05, 4.69) is 60.6 Å². The first kappa shape index (κ1) is 17.7. The average Bonchev–Trinajstić information content (AvgIpc) is 2.48. The molecule has 5 atom stereocenters. The van der Waals surface area contributed by atoms with E-state index < -0.39 is 0 Å². The van der Waals surface area contributed by atoms with Gasteiger partial charge < -0.3 is 0 Å². The molecule has 0 saturated carbocycles. The Bertz CT molecular complexity index is 216. The van der Waals surface area contributed by atoms with E-state index in [-0.39, 0.29) is 0 Å². The summed E-state index contributed by atoms with van der Waals surface area (Å²) in [7, 11) is 0. The molecule has 108 valence electrons. The van der Waals surface area contributed by atoms with Crippen LogP contribution in [0.25, 0.3) is 0 Å². The summed E-state index contributed by atoms with van der Waals surface area (Å²) in [6, 6.07) is 0. The zero-order valence-electron chi connectivity index (χ0n) is 13.9. The average molecular weight is 252 g/mol. The maximum Gasteiger partial charge on any atom is -0.0228 e. The van der Waals surface area contributed by atoms with Crippen LogP contribution in [0.2, 0.25) is 0 Å². The van der Waals surface area contributed by atoms with Gasteiger partial charge in [0.05, 0.1) is 0 Å². The third-order valence-electron chi connectivity index (χ3n) is 4.55. The molecule has 0 bridgehead atoms. The number of rotatable bonds is 3. The second kappa shape index (κ2) is 9.64. The first-order valence-electron chi connectivity index (χ1n) is 8.19. The van der Waals surface area contributed by atoms with Crippen LogP contribution in [0, 0.1) is 29.6 Å². The van der Waals surface area contributed by atoms with Gasteiger partial charge in [-0.25, -0.2) is 0 Å². The summed E-state index contributed by atoms with van der Waals surface area (Å²) >= 11 is 0. The molecule has 5 unspecified atom stereocenters. The number of hydrogen-bond donors (Lipinski definition) is 0. The Morgan fingerprint density at radius 3 is 2.11 bits per heavy atom. The highest BCUT2D eigenvalue weighted by Crippen LogP contribution is 2.40. The van der Waals surface area contributed by atoms with Gasteiger partial charge in [-0.3, -0.25) is 0 Å². The van der Waals surface area contributed by atoms with E-state index in [0.29, 0.717) is 0 Å². The minimum absolute atomic E-state index is 0.773. The molecule has 0 N–H and O–H groups in total. The van der Waals surface area contributed by atoms with Gasteiger partial charge in [-0.15, -0.1) is 0 Å². The molecular weight excluding hydrogens is 216 g/mol. The Hall–Kier alpha value is -0.260. The lowest BCUT2D eigenvalue weighted by atomic mass is 9.69. The van der Waals surface area contributed by atoms with E-state index in [1.807, 2.05) is 0 Å². The molecule has 0 spiro atoms. The predicted octanol–water partition coefficient (Wildman–Crippen LogP) is 6.32. The van der Waals surface area contributed by atoms with Gasteiger partial charge in [0.2, 0.25) is 0 Å². The zero-order valence-corrected chi connectivity index (χ0v) is 13.9. The molecular formula is C18H36. The van der Waals surface area contributed by atoms with Gasteiger partial charge in [-0.2, -0.15) is 0 Å². The molecule has 0 fully saturated rings. The van der Waals surface area contributed by atoms with Crippen LogP contribution in [0.15, 0.2) is 12.2 Å². The van der Waals surface area contributed by atoms with Gasteiger partial charge in [-0.05, 0) is 36.0 Å². The fourth-order valence-corrected chi connectivity index (χ4v) is 3.47. The topological polar surface area (TPSA) is 0 Å². The monoisotopic (exact) mass is 252 g/mol. The maximum absolute atomic E-state index is 2.46. The van der Waals surface area contributed by atoms with Crippen LogP contribution in [0.5, 0.6) is 0 Å². The van der Waals surface area contributed by atoms with Crippen molar-refractivity contribution in [1.82, 2.24) is 0 Å². The van der Waals surface area contributed by atoms with Crippen molar-refractivity contribution in [1.29, 1.82) is 0 Å². The third-order valence-corrected chi connectivity index (χ3v) is 4.55. The Morgan fingerprint density at radius 1 is 1.11 bits per heavy atom. The van der Waals surface area contributed by atoms with Gasteiger partial charge in [0.15, 0.2) is 0 Å². The predicted molar refractivity (Wildman–Crippen MR) is 84.8 cm³/mol. The van der Waals surface area contributed by atoms with Crippen molar-refractivity contribution in [3.8, 4) is 0 Å². The highest BCUT2D eigenvalue weighted by atomic mass is 14.4. The van der Waals surface area contributed by atoms with Crippen LogP contribution >= 0.6 is 0 Å². The highest BCUT2D eigenvalue weighted by Gasteiger charge is 2.32. The van der Waals surface area contributed by atoms with Crippen molar-refractivity contribution in [3.05, 3.63) is 12.2 Å². The normalized spacial score (nSPS) is 33.3. The molecule has 0 nitrogen and oxygen atoms in total. The van der Waals surface area contributed by atoms with Crippen molar-refractivity contribution in [2.75, 3.05) is 0 Å². The number of allylic oxidation sites excluding steroid dienone is 2. The Balaban J connectivity index is 0.000000873. The van der Waals surface area contributed by atoms with E-state index in [1.165, 1.54) is 25.7 Å². The molecule has 0 heteroatoms. The first-order chi connectivity index (χ1) is 8.53. The molecule has 1 rings (SSSR count). The van der Waals surface area contributed by atoms with E-state index in [0.717, 1.165) is 29.6 Å². The van der Waals surface area contributed by atoms with Crippen molar-refractivity contribution in [2.45, 2.75) is 74.1 Å². The van der Waals surface area contributed by atoms with E-state index in [1.54, 1.807) is 0 Å². The largest absolute Gasteiger partial charge is 0.0880 e. The molecule has 0 aromatic rings. The minimum atomic E-state index is 0.773. The summed E-state index contributed by atoms with van der Waals surface area (Å²) in [5, 5.41) is 0. The van der Waals surface area contributed by atoms with Crippen molar-refractivity contribution < 1.29 is 0 Å². The van der Waals surface area contributed by atoms with Gasteiger partial charge in [0, 0.05) is 0 Å². The van der Waals surface area contributed by atoms with Crippen LogP contribution < -0.4 is 0 Å².